The molecule has 19 heavy (non-hydrogen) atoms. The molecule has 0 aromatic carbocycles. The van der Waals surface area contributed by atoms with E-state index in [1.165, 1.54) is 11.0 Å². The lowest BCUT2D eigenvalue weighted by atomic mass is 10.1. The summed E-state index contributed by atoms with van der Waals surface area (Å²) < 4.78 is 0. The minimum Gasteiger partial charge on any atom is -0.481 e. The molecular weight excluding hydrogens is 262 g/mol. The lowest BCUT2D eigenvalue weighted by Gasteiger charge is -2.09. The molecule has 2 unspecified atom stereocenters. The van der Waals surface area contributed by atoms with Crippen LogP contribution in [0.1, 0.15) is 16.2 Å². The van der Waals surface area contributed by atoms with Gasteiger partial charge in [-0.3, -0.25) is 9.59 Å². The SMILES string of the molecule is Cc1ccc(C=CC(=O)NC2C=CC(C(=O)O)C2)s1. The first-order valence-electron chi connectivity index (χ1n) is 6.01. The lowest BCUT2D eigenvalue weighted by Crippen LogP contribution is -2.31. The number of carboxylic acid groups (broad SMARTS) is 1. The Labute approximate surface area is 115 Å². The second-order valence-corrected chi connectivity index (χ2v) is 5.78. The van der Waals surface area contributed by atoms with Gasteiger partial charge in [-0.1, -0.05) is 12.2 Å². The summed E-state index contributed by atoms with van der Waals surface area (Å²) in [6, 6.07) is 3.77. The maximum atomic E-state index is 11.7. The minimum atomic E-state index is -0.849. The first-order valence-corrected chi connectivity index (χ1v) is 6.82. The molecule has 1 aliphatic rings. The van der Waals surface area contributed by atoms with Crippen molar-refractivity contribution in [1.29, 1.82) is 0 Å². The summed E-state index contributed by atoms with van der Waals surface area (Å²) in [5.41, 5.74) is 0. The maximum Gasteiger partial charge on any atom is 0.310 e. The summed E-state index contributed by atoms with van der Waals surface area (Å²) in [5, 5.41) is 11.6. The van der Waals surface area contributed by atoms with Crippen LogP contribution in [0.25, 0.3) is 6.08 Å². The highest BCUT2D eigenvalue weighted by atomic mass is 32.1. The van der Waals surface area contributed by atoms with E-state index in [-0.39, 0.29) is 11.9 Å². The highest BCUT2D eigenvalue weighted by Gasteiger charge is 2.24. The number of thiophene rings is 1. The molecule has 0 saturated carbocycles. The quantitative estimate of drug-likeness (QED) is 0.655. The van der Waals surface area contributed by atoms with E-state index in [4.69, 9.17) is 5.11 Å². The zero-order valence-corrected chi connectivity index (χ0v) is 11.3. The summed E-state index contributed by atoms with van der Waals surface area (Å²) in [7, 11) is 0. The van der Waals surface area contributed by atoms with E-state index in [0.29, 0.717) is 6.42 Å². The van der Waals surface area contributed by atoms with Crippen LogP contribution in [-0.4, -0.2) is 23.0 Å². The monoisotopic (exact) mass is 277 g/mol. The van der Waals surface area contributed by atoms with Gasteiger partial charge in [-0.2, -0.15) is 0 Å². The van der Waals surface area contributed by atoms with Gasteiger partial charge in [-0.25, -0.2) is 0 Å². The normalized spacial score (nSPS) is 21.9. The molecule has 1 aliphatic carbocycles. The Bertz CT molecular complexity index is 545. The third kappa shape index (κ3) is 3.79. The van der Waals surface area contributed by atoms with Gasteiger partial charge in [-0.05, 0) is 31.6 Å². The van der Waals surface area contributed by atoms with Gasteiger partial charge in [0.25, 0.3) is 0 Å². The van der Waals surface area contributed by atoms with E-state index < -0.39 is 11.9 Å². The van der Waals surface area contributed by atoms with Crippen LogP contribution in [0.2, 0.25) is 0 Å². The summed E-state index contributed by atoms with van der Waals surface area (Å²) in [6.07, 6.45) is 7.03. The summed E-state index contributed by atoms with van der Waals surface area (Å²) in [4.78, 5) is 24.7. The number of carbonyl (C=O) groups excluding carboxylic acids is 1. The largest absolute Gasteiger partial charge is 0.481 e. The number of carbonyl (C=O) groups is 2. The fraction of sp³-hybridized carbons (Fsp3) is 0.286. The van der Waals surface area contributed by atoms with E-state index >= 15 is 0 Å². The molecule has 0 aliphatic heterocycles. The van der Waals surface area contributed by atoms with Gasteiger partial charge in [0.1, 0.15) is 0 Å². The van der Waals surface area contributed by atoms with Gasteiger partial charge in [0, 0.05) is 21.9 Å². The van der Waals surface area contributed by atoms with Crippen LogP contribution in [0.3, 0.4) is 0 Å². The molecule has 100 valence electrons. The topological polar surface area (TPSA) is 66.4 Å². The zero-order valence-electron chi connectivity index (χ0n) is 10.5. The molecule has 0 radical (unpaired) electrons. The predicted octanol–water partition coefficient (Wildman–Crippen LogP) is 2.22. The molecule has 1 heterocycles. The number of nitrogens with one attached hydrogen (secondary N) is 1. The van der Waals surface area contributed by atoms with Crippen molar-refractivity contribution < 1.29 is 14.7 Å². The van der Waals surface area contributed by atoms with Crippen molar-refractivity contribution in [1.82, 2.24) is 5.32 Å². The zero-order chi connectivity index (χ0) is 13.8. The third-order valence-corrected chi connectivity index (χ3v) is 3.85. The second kappa shape index (κ2) is 5.84. The van der Waals surface area contributed by atoms with Crippen LogP contribution < -0.4 is 5.32 Å². The molecular formula is C14H15NO3S. The molecule has 2 atom stereocenters. The highest BCUT2D eigenvalue weighted by Crippen LogP contribution is 2.18. The van der Waals surface area contributed by atoms with Crippen LogP contribution in [0.15, 0.2) is 30.4 Å². The molecule has 1 amide bonds. The smallest absolute Gasteiger partial charge is 0.310 e. The van der Waals surface area contributed by atoms with Crippen molar-refractivity contribution in [2.75, 3.05) is 0 Å². The van der Waals surface area contributed by atoms with E-state index in [2.05, 4.69) is 5.32 Å². The molecule has 1 aromatic rings. The van der Waals surface area contributed by atoms with E-state index in [9.17, 15) is 9.59 Å². The first-order chi connectivity index (χ1) is 9.04. The van der Waals surface area contributed by atoms with Gasteiger partial charge < -0.3 is 10.4 Å². The summed E-state index contributed by atoms with van der Waals surface area (Å²) >= 11 is 1.62. The van der Waals surface area contributed by atoms with Crippen molar-refractivity contribution in [3.63, 3.8) is 0 Å². The molecule has 0 spiro atoms. The molecule has 4 nitrogen and oxygen atoms in total. The van der Waals surface area contributed by atoms with Crippen molar-refractivity contribution in [2.24, 2.45) is 5.92 Å². The molecule has 2 N–H and O–H groups in total. The Balaban J connectivity index is 1.84. The molecule has 0 saturated heterocycles. The van der Waals surface area contributed by atoms with Crippen molar-refractivity contribution >= 4 is 29.3 Å². The van der Waals surface area contributed by atoms with Gasteiger partial charge in [0.15, 0.2) is 0 Å². The number of aryl methyl sites for hydroxylation is 1. The number of carboxylic acids is 1. The number of amides is 1. The first kappa shape index (κ1) is 13.5. The van der Waals surface area contributed by atoms with E-state index in [1.54, 1.807) is 29.6 Å². The number of rotatable bonds is 4. The number of aliphatic carboxylic acids is 1. The molecule has 0 fully saturated rings. The Morgan fingerprint density at radius 3 is 2.79 bits per heavy atom. The van der Waals surface area contributed by atoms with Crippen LogP contribution >= 0.6 is 11.3 Å². The van der Waals surface area contributed by atoms with E-state index in [0.717, 1.165) is 4.88 Å². The summed E-state index contributed by atoms with van der Waals surface area (Å²) in [5.74, 6) is -1.54. The Morgan fingerprint density at radius 1 is 1.42 bits per heavy atom. The van der Waals surface area contributed by atoms with Gasteiger partial charge in [0.2, 0.25) is 5.91 Å². The van der Waals surface area contributed by atoms with Gasteiger partial charge in [0.05, 0.1) is 5.92 Å². The molecule has 0 bridgehead atoms. The average molecular weight is 277 g/mol. The minimum absolute atomic E-state index is 0.191. The van der Waals surface area contributed by atoms with Crippen molar-refractivity contribution in [3.8, 4) is 0 Å². The van der Waals surface area contributed by atoms with Crippen LogP contribution in [-0.2, 0) is 9.59 Å². The Morgan fingerprint density at radius 2 is 2.21 bits per heavy atom. The van der Waals surface area contributed by atoms with Crippen molar-refractivity contribution in [2.45, 2.75) is 19.4 Å². The Hall–Kier alpha value is -1.88. The standard InChI is InChI=1S/C14H15NO3S/c1-9-2-5-12(19-9)6-7-13(16)15-11-4-3-10(8-11)14(17)18/h2-7,10-11H,8H2,1H3,(H,15,16)(H,17,18). The van der Waals surface area contributed by atoms with Crippen LogP contribution in [0.5, 0.6) is 0 Å². The second-order valence-electron chi connectivity index (χ2n) is 4.46. The average Bonchev–Trinajstić information content (AvgIpc) is 2.96. The lowest BCUT2D eigenvalue weighted by molar-refractivity contribution is -0.140. The molecule has 5 heteroatoms. The maximum absolute atomic E-state index is 11.7. The van der Waals surface area contributed by atoms with Crippen LogP contribution in [0.4, 0.5) is 0 Å². The van der Waals surface area contributed by atoms with Gasteiger partial charge >= 0.3 is 5.97 Å². The predicted molar refractivity (Wildman–Crippen MR) is 74.9 cm³/mol. The number of hydrogen-bond acceptors (Lipinski definition) is 3. The summed E-state index contributed by atoms with van der Waals surface area (Å²) in [6.45, 7) is 2.01. The molecule has 2 rings (SSSR count). The molecule has 1 aromatic heterocycles. The van der Waals surface area contributed by atoms with Gasteiger partial charge in [-0.15, -0.1) is 11.3 Å². The Kier molecular flexibility index (Phi) is 4.16. The van der Waals surface area contributed by atoms with Crippen molar-refractivity contribution in [3.05, 3.63) is 40.1 Å². The fourth-order valence-corrected chi connectivity index (χ4v) is 2.70. The fourth-order valence-electron chi connectivity index (χ4n) is 1.92. The number of hydrogen-bond donors (Lipinski definition) is 2. The van der Waals surface area contributed by atoms with Crippen LogP contribution in [0, 0.1) is 12.8 Å². The van der Waals surface area contributed by atoms with E-state index in [1.807, 2.05) is 19.1 Å². The highest BCUT2D eigenvalue weighted by molar-refractivity contribution is 7.12. The third-order valence-electron chi connectivity index (χ3n) is 2.89.